The summed E-state index contributed by atoms with van der Waals surface area (Å²) in [5.74, 6) is 0. The summed E-state index contributed by atoms with van der Waals surface area (Å²) in [6.45, 7) is 29.0. The molecule has 0 saturated heterocycles. The highest BCUT2D eigenvalue weighted by atomic mass is 79.9. The van der Waals surface area contributed by atoms with Gasteiger partial charge in [0.1, 0.15) is 25.0 Å². The Balaban J connectivity index is 0.000000188. The van der Waals surface area contributed by atoms with E-state index in [4.69, 9.17) is 65.6 Å². The van der Waals surface area contributed by atoms with Gasteiger partial charge in [0.2, 0.25) is 0 Å². The number of aryl methyl sites for hydroxylation is 11. The minimum atomic E-state index is -0.500. The van der Waals surface area contributed by atoms with Gasteiger partial charge >= 0.3 is 0 Å². The number of hydrogen-bond donors (Lipinski definition) is 1. The number of halogens is 1. The lowest BCUT2D eigenvalue weighted by molar-refractivity contribution is -0.445. The Morgan fingerprint density at radius 3 is 0.851 bits per heavy atom. The quantitative estimate of drug-likeness (QED) is 0.121. The van der Waals surface area contributed by atoms with Crippen molar-refractivity contribution in [2.24, 2.45) is 0 Å². The predicted octanol–water partition coefficient (Wildman–Crippen LogP) is 25.0. The number of nitro groups is 3. The summed E-state index contributed by atoms with van der Waals surface area (Å²) in [4.78, 5) is 57.2. The van der Waals surface area contributed by atoms with E-state index in [1.54, 1.807) is 108 Å². The zero-order valence-corrected chi connectivity index (χ0v) is 68.5. The number of benzene rings is 5. The highest BCUT2D eigenvalue weighted by Gasteiger charge is 2.16. The van der Waals surface area contributed by atoms with Crippen molar-refractivity contribution < 1.29 is 19.9 Å². The fraction of sp³-hybridized carbons (Fsp3) is 0.243. The molecule has 0 atom stereocenters. The molecule has 15 aromatic rings. The van der Waals surface area contributed by atoms with Crippen molar-refractivity contribution >= 4 is 180 Å². The van der Waals surface area contributed by atoms with Crippen LogP contribution in [0.3, 0.4) is 0 Å². The van der Waals surface area contributed by atoms with Crippen molar-refractivity contribution in [3.8, 4) is 55.5 Å². The van der Waals surface area contributed by atoms with Gasteiger partial charge in [-0.05, 0) is 207 Å². The second-order valence-corrected chi connectivity index (χ2v) is 33.7. The van der Waals surface area contributed by atoms with Gasteiger partial charge in [-0.1, -0.05) is 86.6 Å². The molecule has 526 valence electrons. The number of thiophene rings is 5. The minimum absolute atomic E-state index is 0.105. The fourth-order valence-electron chi connectivity index (χ4n) is 9.18. The maximum Gasteiger partial charge on any atom is 0.194 e. The van der Waals surface area contributed by atoms with Crippen LogP contribution in [0.4, 0.5) is 0 Å². The maximum absolute atomic E-state index is 9.12. The smallest absolute Gasteiger partial charge is 0.194 e. The molecule has 0 amide bonds. The monoisotopic (exact) mass is 1600 g/mol. The first kappa shape index (κ1) is 82.1. The summed E-state index contributed by atoms with van der Waals surface area (Å²) in [7, 11) is 2.67. The van der Waals surface area contributed by atoms with Gasteiger partial charge < -0.3 is 5.11 Å². The topological polar surface area (TPSA) is 238 Å². The van der Waals surface area contributed by atoms with Crippen LogP contribution in [0.25, 0.3) is 101 Å². The van der Waals surface area contributed by atoms with Crippen LogP contribution in [-0.4, -0.2) is 65.9 Å². The molecule has 27 heteroatoms. The highest BCUT2D eigenvalue weighted by Crippen LogP contribution is 2.42. The van der Waals surface area contributed by atoms with Crippen molar-refractivity contribution in [1.29, 1.82) is 5.26 Å². The predicted molar refractivity (Wildman–Crippen MR) is 442 cm³/mol. The molecule has 5 aromatic carbocycles. The van der Waals surface area contributed by atoms with Crippen LogP contribution in [0.1, 0.15) is 86.2 Å². The first-order chi connectivity index (χ1) is 48.1. The molecule has 0 spiro atoms. The molecule has 0 radical (unpaired) electrons. The summed E-state index contributed by atoms with van der Waals surface area (Å²) in [6.07, 6.45) is 0. The van der Waals surface area contributed by atoms with Crippen molar-refractivity contribution in [1.82, 2.24) is 24.9 Å². The van der Waals surface area contributed by atoms with Crippen LogP contribution >= 0.6 is 129 Å². The number of aliphatic hydroxyl groups excluding tert-OH is 1. The van der Waals surface area contributed by atoms with Gasteiger partial charge in [-0.3, -0.25) is 30.3 Å². The van der Waals surface area contributed by atoms with E-state index in [9.17, 15) is 0 Å². The molecule has 0 aliphatic carbocycles. The van der Waals surface area contributed by atoms with E-state index in [0.717, 1.165) is 87.3 Å². The number of thiazole rings is 5. The number of nitrogens with zero attached hydrogens (tertiary/aromatic N) is 9. The number of aliphatic hydroxyl groups is 1. The van der Waals surface area contributed by atoms with E-state index in [1.165, 1.54) is 110 Å². The van der Waals surface area contributed by atoms with E-state index in [2.05, 4.69) is 212 Å². The summed E-state index contributed by atoms with van der Waals surface area (Å²) in [6, 6.07) is 44.3. The molecule has 0 unspecified atom stereocenters. The Hall–Kier alpha value is -7.82. The van der Waals surface area contributed by atoms with E-state index in [1.807, 2.05) is 37.3 Å². The zero-order chi connectivity index (χ0) is 74.4. The van der Waals surface area contributed by atoms with Gasteiger partial charge in [0.15, 0.2) is 21.1 Å². The summed E-state index contributed by atoms with van der Waals surface area (Å²) >= 11 is 21.1. The molecule has 0 aliphatic heterocycles. The van der Waals surface area contributed by atoms with Gasteiger partial charge in [-0.25, -0.2) is 24.9 Å². The van der Waals surface area contributed by atoms with E-state index in [0.29, 0.717) is 0 Å². The molecule has 0 saturated carbocycles. The van der Waals surface area contributed by atoms with Crippen molar-refractivity contribution in [3.63, 3.8) is 0 Å². The number of rotatable bonds is 6. The van der Waals surface area contributed by atoms with Gasteiger partial charge in [-0.2, -0.15) is 5.26 Å². The van der Waals surface area contributed by atoms with Crippen LogP contribution in [0, 0.1) is 118 Å². The van der Waals surface area contributed by atoms with Crippen molar-refractivity contribution in [2.75, 3.05) is 21.1 Å². The maximum atomic E-state index is 9.12. The third-order valence-corrected chi connectivity index (χ3v) is 26.2. The van der Waals surface area contributed by atoms with E-state index in [-0.39, 0.29) is 6.61 Å². The number of aromatic nitrogens is 5. The number of fused-ring (bicyclic) bond motifs is 5. The lowest BCUT2D eigenvalue weighted by Gasteiger charge is -1.96. The third kappa shape index (κ3) is 23.1. The lowest BCUT2D eigenvalue weighted by atomic mass is 10.1. The molecule has 10 heterocycles. The van der Waals surface area contributed by atoms with Crippen LogP contribution < -0.4 is 0 Å². The van der Waals surface area contributed by atoms with Crippen LogP contribution in [0.15, 0.2) is 136 Å². The van der Waals surface area contributed by atoms with Gasteiger partial charge in [0, 0.05) is 31.4 Å². The van der Waals surface area contributed by atoms with Crippen molar-refractivity contribution in [2.45, 2.75) is 104 Å². The SMILES string of the molecule is CC.CC#N.C[N+](=O)[O-].C[N+](=O)[O-].C[N+](=O)[O-].Cc1ccc(-c2nc3c(C)ccc(C)c3s2)s1.Cc1ccc(C)c2sc(-c3ccc(Br)s3)nc12.Cc1ccc(C)c2sc(-c3ccc(CO)s3)nc12.Cc1ccc(C)c2sc(-c3cccs3)nc12.Cc1ccc(C)c2sc(-c3cccs3)nc12. The number of hydrogen-bond acceptors (Lipinski definition) is 23. The second-order valence-electron chi connectivity index (χ2n) is 21.9. The molecule has 1 N–H and O–H groups in total. The first-order valence-electron chi connectivity index (χ1n) is 31.1. The molecule has 0 aliphatic rings. The van der Waals surface area contributed by atoms with Crippen LogP contribution in [0.2, 0.25) is 0 Å². The average molecular weight is 1600 g/mol. The van der Waals surface area contributed by atoms with E-state index < -0.39 is 14.8 Å². The minimum Gasteiger partial charge on any atom is -0.391 e. The Labute approximate surface area is 636 Å². The second kappa shape index (κ2) is 39.6. The molecule has 15 rings (SSSR count). The molecule has 0 bridgehead atoms. The Morgan fingerprint density at radius 1 is 0.386 bits per heavy atom. The summed E-state index contributed by atoms with van der Waals surface area (Å²) < 4.78 is 7.70. The third-order valence-electron chi connectivity index (χ3n) is 13.9. The van der Waals surface area contributed by atoms with Crippen LogP contribution in [-0.2, 0) is 6.61 Å². The van der Waals surface area contributed by atoms with Crippen molar-refractivity contribution in [3.05, 3.63) is 232 Å². The standard InChI is InChI=1S/C14H13NOS2.C14H13NS2.C13H10BrNS2.2C13H11NS2.C2H3N.C2H6.3CH3NO2/c1-8-3-4-9(2)13-12(8)15-14(18-13)11-6-5-10(7-16)17-11;1-8-4-5-9(2)13-12(8)15-14(17-13)11-7-6-10(3)16-11;1-7-3-4-8(2)12-11(7)15-13(17-12)9-5-6-10(14)16-9;2*1-8-5-6-9(2)12-11(8)14-13(16-12)10-4-3-7-15-10;1-2-3;1-2;3*1-2(3)4/h3-6,16H,7H2,1-2H3;4-7H,1-3H3;3-6H,1-2H3;2*3-7H,1-2H3;1H3;1-2H3;3*1H3. The van der Waals surface area contributed by atoms with Gasteiger partial charge in [0.25, 0.3) is 0 Å². The lowest BCUT2D eigenvalue weighted by Crippen LogP contribution is -1.79. The number of nitriles is 1. The first-order valence-corrected chi connectivity index (χ1v) is 40.2. The van der Waals surface area contributed by atoms with E-state index >= 15 is 0 Å². The van der Waals surface area contributed by atoms with Gasteiger partial charge in [-0.15, -0.1) is 113 Å². The molecule has 0 fully saturated rings. The zero-order valence-electron chi connectivity index (χ0n) is 58.8. The average Bonchev–Trinajstić information content (AvgIpc) is 1.69. The molecule has 16 nitrogen and oxygen atoms in total. The summed E-state index contributed by atoms with van der Waals surface area (Å²) in [5.41, 5.74) is 18.6. The summed E-state index contributed by atoms with van der Waals surface area (Å²) in [5, 5.41) is 52.6. The molecule has 101 heavy (non-hydrogen) atoms. The normalized spacial score (nSPS) is 10.2. The molecular formula is C74H76BrN9O7S10. The Kier molecular flexibility index (Phi) is 32.2. The fourth-order valence-corrected chi connectivity index (χ4v) is 19.6. The largest absolute Gasteiger partial charge is 0.391 e. The highest BCUT2D eigenvalue weighted by molar-refractivity contribution is 9.11. The van der Waals surface area contributed by atoms with Gasteiger partial charge in [0.05, 0.1) is 91.9 Å². The molecule has 10 aromatic heterocycles. The van der Waals surface area contributed by atoms with Crippen LogP contribution in [0.5, 0.6) is 0 Å². The Morgan fingerprint density at radius 2 is 0.634 bits per heavy atom. The molecular weight excluding hydrogens is 1530 g/mol. The Bertz CT molecular complexity index is 4790.